The Bertz CT molecular complexity index is 708. The lowest BCUT2D eigenvalue weighted by atomic mass is 10.1. The maximum absolute atomic E-state index is 12.3. The molecule has 0 aliphatic rings. The smallest absolute Gasteiger partial charge is 0.256 e. The van der Waals surface area contributed by atoms with Gasteiger partial charge in [-0.3, -0.25) is 9.48 Å². The fourth-order valence-corrected chi connectivity index (χ4v) is 1.89. The number of amides is 1. The Labute approximate surface area is 123 Å². The molecule has 1 aromatic heterocycles. The topological polar surface area (TPSA) is 67.2 Å². The van der Waals surface area contributed by atoms with Gasteiger partial charge in [-0.2, -0.15) is 5.10 Å². The Morgan fingerprint density at radius 1 is 1.43 bits per heavy atom. The van der Waals surface area contributed by atoms with Crippen LogP contribution in [0, 0.1) is 18.8 Å². The zero-order valence-corrected chi connectivity index (χ0v) is 12.1. The summed E-state index contributed by atoms with van der Waals surface area (Å²) in [7, 11) is 1.76. The Morgan fingerprint density at radius 3 is 2.90 bits per heavy atom. The Balaban J connectivity index is 2.21. The predicted molar refractivity (Wildman–Crippen MR) is 80.9 cm³/mol. The summed E-state index contributed by atoms with van der Waals surface area (Å²) in [5.74, 6) is 6.23. The van der Waals surface area contributed by atoms with Crippen LogP contribution in [0.3, 0.4) is 0 Å². The quantitative estimate of drug-likeness (QED) is 0.843. The number of aryl methyl sites for hydroxylation is 2. The van der Waals surface area contributed by atoms with Crippen molar-refractivity contribution >= 4 is 11.7 Å². The fourth-order valence-electron chi connectivity index (χ4n) is 1.89. The third-order valence-corrected chi connectivity index (χ3v) is 2.87. The molecule has 0 aliphatic heterocycles. The molecule has 1 amide bonds. The highest BCUT2D eigenvalue weighted by atomic mass is 16.2. The van der Waals surface area contributed by atoms with Crippen molar-refractivity contribution in [1.82, 2.24) is 9.78 Å². The molecule has 108 valence electrons. The molecule has 0 saturated heterocycles. The number of aliphatic hydroxyl groups is 1. The lowest BCUT2D eigenvalue weighted by molar-refractivity contribution is 0.102. The van der Waals surface area contributed by atoms with Crippen LogP contribution >= 0.6 is 0 Å². The molecule has 2 N–H and O–H groups in total. The summed E-state index contributed by atoms with van der Waals surface area (Å²) >= 11 is 0. The van der Waals surface area contributed by atoms with Gasteiger partial charge in [-0.15, -0.1) is 0 Å². The first-order valence-electron chi connectivity index (χ1n) is 6.61. The van der Waals surface area contributed by atoms with E-state index in [1.54, 1.807) is 30.1 Å². The second-order valence-electron chi connectivity index (χ2n) is 4.66. The number of rotatable bonds is 3. The number of aromatic nitrogens is 2. The minimum atomic E-state index is -0.201. The van der Waals surface area contributed by atoms with Gasteiger partial charge in [-0.05, 0) is 30.7 Å². The van der Waals surface area contributed by atoms with E-state index in [0.29, 0.717) is 17.8 Å². The van der Waals surface area contributed by atoms with Crippen LogP contribution in [0.1, 0.15) is 27.9 Å². The van der Waals surface area contributed by atoms with Crippen LogP contribution in [0.25, 0.3) is 0 Å². The van der Waals surface area contributed by atoms with Crippen LogP contribution in [0.5, 0.6) is 0 Å². The first-order chi connectivity index (χ1) is 10.1. The van der Waals surface area contributed by atoms with Gasteiger partial charge in [0, 0.05) is 30.7 Å². The average molecular weight is 283 g/mol. The minimum Gasteiger partial charge on any atom is -0.395 e. The van der Waals surface area contributed by atoms with Gasteiger partial charge in [-0.1, -0.05) is 11.8 Å². The van der Waals surface area contributed by atoms with Gasteiger partial charge in [-0.25, -0.2) is 0 Å². The summed E-state index contributed by atoms with van der Waals surface area (Å²) in [6.45, 7) is 1.95. The second-order valence-corrected chi connectivity index (χ2v) is 4.66. The Morgan fingerprint density at radius 2 is 2.24 bits per heavy atom. The van der Waals surface area contributed by atoms with Crippen molar-refractivity contribution in [1.29, 1.82) is 0 Å². The van der Waals surface area contributed by atoms with Gasteiger partial charge < -0.3 is 10.4 Å². The summed E-state index contributed by atoms with van der Waals surface area (Å²) in [4.78, 5) is 12.3. The lowest BCUT2D eigenvalue weighted by Crippen LogP contribution is -2.14. The molecular formula is C16H17N3O2. The van der Waals surface area contributed by atoms with Crippen molar-refractivity contribution in [3.8, 4) is 11.8 Å². The molecule has 21 heavy (non-hydrogen) atoms. The van der Waals surface area contributed by atoms with Crippen LogP contribution < -0.4 is 5.32 Å². The number of anilines is 1. The Hall–Kier alpha value is -2.58. The summed E-state index contributed by atoms with van der Waals surface area (Å²) in [6.07, 6.45) is 2.04. The molecule has 0 bridgehead atoms. The molecule has 0 spiro atoms. The highest BCUT2D eigenvalue weighted by molar-refractivity contribution is 6.04. The first-order valence-corrected chi connectivity index (χ1v) is 6.61. The van der Waals surface area contributed by atoms with Crippen LogP contribution in [-0.4, -0.2) is 27.4 Å². The van der Waals surface area contributed by atoms with Crippen molar-refractivity contribution in [3.05, 3.63) is 47.2 Å². The second kappa shape index (κ2) is 6.73. The molecule has 0 fully saturated rings. The maximum Gasteiger partial charge on any atom is 0.256 e. The number of hydrogen-bond acceptors (Lipinski definition) is 3. The van der Waals surface area contributed by atoms with Crippen molar-refractivity contribution in [3.63, 3.8) is 0 Å². The third-order valence-electron chi connectivity index (χ3n) is 2.87. The molecule has 0 aliphatic carbocycles. The van der Waals surface area contributed by atoms with Crippen LogP contribution in [-0.2, 0) is 7.05 Å². The molecule has 2 rings (SSSR count). The van der Waals surface area contributed by atoms with E-state index in [-0.39, 0.29) is 12.5 Å². The van der Waals surface area contributed by atoms with Crippen LogP contribution in [0.2, 0.25) is 0 Å². The lowest BCUT2D eigenvalue weighted by Gasteiger charge is -2.06. The minimum absolute atomic E-state index is 0.0344. The summed E-state index contributed by atoms with van der Waals surface area (Å²) < 4.78 is 1.59. The first kappa shape index (κ1) is 14.8. The number of aliphatic hydroxyl groups excluding tert-OH is 1. The van der Waals surface area contributed by atoms with Crippen LogP contribution in [0.4, 0.5) is 5.82 Å². The zero-order chi connectivity index (χ0) is 15.2. The molecule has 0 radical (unpaired) electrons. The number of nitrogens with zero attached hydrogens (tertiary/aromatic N) is 2. The van der Waals surface area contributed by atoms with E-state index in [9.17, 15) is 4.79 Å². The van der Waals surface area contributed by atoms with Gasteiger partial charge in [0.05, 0.1) is 12.8 Å². The number of nitrogens with one attached hydrogen (secondary N) is 1. The van der Waals surface area contributed by atoms with E-state index >= 15 is 0 Å². The van der Waals surface area contributed by atoms with Gasteiger partial charge in [0.2, 0.25) is 0 Å². The number of benzene rings is 1. The molecule has 0 atom stereocenters. The molecule has 5 heteroatoms. The number of hydrogen-bond donors (Lipinski definition) is 2. The standard InChI is InChI=1S/C16H17N3O2/c1-12-9-13(5-3-4-8-20)11-14(10-12)16(21)18-15-6-7-17-19(15)2/h6-7,9-11,20H,4,8H2,1-2H3,(H,18,21). The Kier molecular flexibility index (Phi) is 4.75. The summed E-state index contributed by atoms with van der Waals surface area (Å²) in [5, 5.41) is 15.5. The molecule has 1 aromatic carbocycles. The maximum atomic E-state index is 12.3. The van der Waals surface area contributed by atoms with Crippen molar-refractivity contribution in [2.24, 2.45) is 7.05 Å². The molecule has 0 saturated carbocycles. The molecule has 1 heterocycles. The molecular weight excluding hydrogens is 266 g/mol. The van der Waals surface area contributed by atoms with Gasteiger partial charge in [0.1, 0.15) is 5.82 Å². The van der Waals surface area contributed by atoms with E-state index in [1.807, 2.05) is 19.1 Å². The normalized spacial score (nSPS) is 9.86. The van der Waals surface area contributed by atoms with Crippen molar-refractivity contribution in [2.75, 3.05) is 11.9 Å². The van der Waals surface area contributed by atoms with Crippen molar-refractivity contribution < 1.29 is 9.90 Å². The van der Waals surface area contributed by atoms with Crippen LogP contribution in [0.15, 0.2) is 30.5 Å². The van der Waals surface area contributed by atoms with E-state index in [0.717, 1.165) is 11.1 Å². The summed E-state index contributed by atoms with van der Waals surface area (Å²) in [6, 6.07) is 7.19. The van der Waals surface area contributed by atoms with Gasteiger partial charge in [0.25, 0.3) is 5.91 Å². The summed E-state index contributed by atoms with van der Waals surface area (Å²) in [5.41, 5.74) is 2.27. The highest BCUT2D eigenvalue weighted by Crippen LogP contribution is 2.12. The molecule has 5 nitrogen and oxygen atoms in total. The third kappa shape index (κ3) is 3.94. The van der Waals surface area contributed by atoms with E-state index < -0.39 is 0 Å². The molecule has 2 aromatic rings. The van der Waals surface area contributed by atoms with Crippen molar-refractivity contribution in [2.45, 2.75) is 13.3 Å². The highest BCUT2D eigenvalue weighted by Gasteiger charge is 2.09. The van der Waals surface area contributed by atoms with E-state index in [1.165, 1.54) is 0 Å². The SMILES string of the molecule is Cc1cc(C#CCCO)cc(C(=O)Nc2ccnn2C)c1. The molecule has 0 unspecified atom stereocenters. The number of carbonyl (C=O) groups is 1. The van der Waals surface area contributed by atoms with E-state index in [2.05, 4.69) is 22.3 Å². The fraction of sp³-hybridized carbons (Fsp3) is 0.250. The number of carbonyl (C=O) groups excluding carboxylic acids is 1. The zero-order valence-electron chi connectivity index (χ0n) is 12.1. The van der Waals surface area contributed by atoms with Gasteiger partial charge >= 0.3 is 0 Å². The predicted octanol–water partition coefficient (Wildman–Crippen LogP) is 1.71. The van der Waals surface area contributed by atoms with E-state index in [4.69, 9.17) is 5.11 Å². The van der Waals surface area contributed by atoms with Gasteiger partial charge in [0.15, 0.2) is 0 Å². The average Bonchev–Trinajstić information content (AvgIpc) is 2.84. The monoisotopic (exact) mass is 283 g/mol. The largest absolute Gasteiger partial charge is 0.395 e.